The Morgan fingerprint density at radius 1 is 1.25 bits per heavy atom. The van der Waals surface area contributed by atoms with Crippen LogP contribution in [0.4, 0.5) is 16.3 Å². The highest BCUT2D eigenvalue weighted by Gasteiger charge is 2.29. The minimum Gasteiger partial charge on any atom is -0.495 e. The molecule has 3 rings (SSSR count). The SMILES string of the molecule is COc1ccccc1N(C(=O)OC(C)(C)C)c1cc(=O)c(C#N)c2cc[nH]n12. The molecule has 1 N–H and O–H groups in total. The molecule has 0 radical (unpaired) electrons. The minimum atomic E-state index is -0.760. The molecule has 8 heteroatoms. The molecule has 0 aliphatic carbocycles. The Bertz CT molecular complexity index is 1130. The largest absolute Gasteiger partial charge is 0.495 e. The topological polar surface area (TPSA) is 99.8 Å². The molecule has 1 aromatic carbocycles. The number of methoxy groups -OCH3 is 1. The van der Waals surface area contributed by atoms with Crippen molar-refractivity contribution >= 4 is 23.1 Å². The number of hydrogen-bond donors (Lipinski definition) is 1. The summed E-state index contributed by atoms with van der Waals surface area (Å²) in [5, 5.41) is 12.3. The van der Waals surface area contributed by atoms with Crippen molar-refractivity contribution in [3.05, 3.63) is 58.4 Å². The number of para-hydroxylation sites is 2. The number of rotatable bonds is 3. The molecule has 3 aromatic rings. The maximum Gasteiger partial charge on any atom is 0.420 e. The third kappa shape index (κ3) is 3.42. The molecule has 0 fully saturated rings. The van der Waals surface area contributed by atoms with E-state index in [1.54, 1.807) is 57.3 Å². The van der Waals surface area contributed by atoms with Crippen molar-refractivity contribution in [2.75, 3.05) is 12.0 Å². The van der Waals surface area contributed by atoms with Crippen molar-refractivity contribution in [3.8, 4) is 11.8 Å². The van der Waals surface area contributed by atoms with E-state index >= 15 is 0 Å². The predicted molar refractivity (Wildman–Crippen MR) is 104 cm³/mol. The fourth-order valence-corrected chi connectivity index (χ4v) is 2.81. The molecule has 144 valence electrons. The Kier molecular flexibility index (Phi) is 4.84. The average molecular weight is 380 g/mol. The summed E-state index contributed by atoms with van der Waals surface area (Å²) in [4.78, 5) is 26.9. The van der Waals surface area contributed by atoms with Crippen LogP contribution in [0.25, 0.3) is 5.52 Å². The number of nitrogens with one attached hydrogen (secondary N) is 1. The van der Waals surface area contributed by atoms with Gasteiger partial charge in [-0.05, 0) is 39.0 Å². The first-order valence-electron chi connectivity index (χ1n) is 8.56. The normalized spacial score (nSPS) is 11.1. The van der Waals surface area contributed by atoms with Gasteiger partial charge in [-0.15, -0.1) is 0 Å². The maximum absolute atomic E-state index is 13.1. The van der Waals surface area contributed by atoms with Gasteiger partial charge in [0.25, 0.3) is 0 Å². The fraction of sp³-hybridized carbons (Fsp3) is 0.250. The van der Waals surface area contributed by atoms with E-state index < -0.39 is 17.1 Å². The molecular formula is C20H20N4O4. The van der Waals surface area contributed by atoms with Gasteiger partial charge in [0.05, 0.1) is 18.3 Å². The number of aromatic amines is 1. The quantitative estimate of drug-likeness (QED) is 0.749. The number of hydrogen-bond acceptors (Lipinski definition) is 5. The zero-order chi connectivity index (χ0) is 20.5. The summed E-state index contributed by atoms with van der Waals surface area (Å²) in [7, 11) is 1.49. The lowest BCUT2D eigenvalue weighted by Crippen LogP contribution is -2.35. The molecule has 0 atom stereocenters. The van der Waals surface area contributed by atoms with Crippen molar-refractivity contribution in [1.82, 2.24) is 9.61 Å². The van der Waals surface area contributed by atoms with Gasteiger partial charge in [-0.3, -0.25) is 9.89 Å². The summed E-state index contributed by atoms with van der Waals surface area (Å²) in [6.45, 7) is 5.25. The molecule has 0 aliphatic rings. The van der Waals surface area contributed by atoms with Crippen molar-refractivity contribution in [3.63, 3.8) is 0 Å². The number of benzene rings is 1. The number of amides is 1. The maximum atomic E-state index is 13.1. The lowest BCUT2D eigenvalue weighted by atomic mass is 10.2. The van der Waals surface area contributed by atoms with Gasteiger partial charge in [-0.2, -0.15) is 5.26 Å². The van der Waals surface area contributed by atoms with Gasteiger partial charge < -0.3 is 9.47 Å². The summed E-state index contributed by atoms with van der Waals surface area (Å²) >= 11 is 0. The van der Waals surface area contributed by atoms with Crippen LogP contribution in [-0.2, 0) is 4.74 Å². The van der Waals surface area contributed by atoms with Crippen LogP contribution in [0.1, 0.15) is 26.3 Å². The zero-order valence-electron chi connectivity index (χ0n) is 16.0. The van der Waals surface area contributed by atoms with Crippen molar-refractivity contribution in [1.29, 1.82) is 5.26 Å². The second kappa shape index (κ2) is 7.12. The van der Waals surface area contributed by atoms with E-state index in [1.165, 1.54) is 22.6 Å². The second-order valence-electron chi connectivity index (χ2n) is 7.02. The Morgan fingerprint density at radius 3 is 2.61 bits per heavy atom. The number of pyridine rings is 1. The fourth-order valence-electron chi connectivity index (χ4n) is 2.81. The first-order chi connectivity index (χ1) is 13.3. The molecule has 0 aliphatic heterocycles. The molecule has 0 unspecified atom stereocenters. The van der Waals surface area contributed by atoms with Crippen molar-refractivity contribution in [2.24, 2.45) is 0 Å². The number of carbonyl (C=O) groups excluding carboxylic acids is 1. The second-order valence-corrected chi connectivity index (χ2v) is 7.02. The average Bonchev–Trinajstić information content (AvgIpc) is 3.10. The van der Waals surface area contributed by atoms with Crippen LogP contribution >= 0.6 is 0 Å². The van der Waals surface area contributed by atoms with Crippen LogP contribution in [0, 0.1) is 11.3 Å². The minimum absolute atomic E-state index is 0.0193. The molecule has 28 heavy (non-hydrogen) atoms. The number of fused-ring (bicyclic) bond motifs is 1. The highest BCUT2D eigenvalue weighted by Crippen LogP contribution is 2.34. The number of nitrogens with zero attached hydrogens (tertiary/aromatic N) is 3. The molecule has 0 saturated carbocycles. The first kappa shape index (κ1) is 19.0. The highest BCUT2D eigenvalue weighted by molar-refractivity contribution is 5.97. The smallest absolute Gasteiger partial charge is 0.420 e. The molecule has 0 spiro atoms. The summed E-state index contributed by atoms with van der Waals surface area (Å²) < 4.78 is 12.4. The number of anilines is 2. The van der Waals surface area contributed by atoms with Crippen LogP contribution in [0.15, 0.2) is 47.4 Å². The van der Waals surface area contributed by atoms with Crippen LogP contribution in [0.3, 0.4) is 0 Å². The van der Waals surface area contributed by atoms with Gasteiger partial charge >= 0.3 is 6.09 Å². The van der Waals surface area contributed by atoms with Crippen LogP contribution in [0.2, 0.25) is 0 Å². The van der Waals surface area contributed by atoms with E-state index in [1.807, 2.05) is 6.07 Å². The predicted octanol–water partition coefficient (Wildman–Crippen LogP) is 3.58. The first-order valence-corrected chi connectivity index (χ1v) is 8.56. The number of carbonyl (C=O) groups is 1. The Morgan fingerprint density at radius 2 is 1.96 bits per heavy atom. The summed E-state index contributed by atoms with van der Waals surface area (Å²) in [5.74, 6) is 0.619. The Labute approximate surface area is 161 Å². The van der Waals surface area contributed by atoms with Gasteiger partial charge in [0.15, 0.2) is 0 Å². The van der Waals surface area contributed by atoms with Gasteiger partial charge in [-0.1, -0.05) is 12.1 Å². The Balaban J connectivity index is 2.31. The molecule has 0 bridgehead atoms. The number of nitriles is 1. The molecule has 2 aromatic heterocycles. The molecule has 2 heterocycles. The van der Waals surface area contributed by atoms with Gasteiger partial charge in [0.1, 0.15) is 28.8 Å². The van der Waals surface area contributed by atoms with E-state index in [2.05, 4.69) is 5.10 Å². The van der Waals surface area contributed by atoms with E-state index in [0.717, 1.165) is 0 Å². The van der Waals surface area contributed by atoms with Gasteiger partial charge in [0, 0.05) is 12.3 Å². The van der Waals surface area contributed by atoms with Gasteiger partial charge in [-0.25, -0.2) is 14.2 Å². The molecule has 1 amide bonds. The highest BCUT2D eigenvalue weighted by atomic mass is 16.6. The van der Waals surface area contributed by atoms with Crippen LogP contribution < -0.4 is 15.1 Å². The van der Waals surface area contributed by atoms with Crippen molar-refractivity contribution in [2.45, 2.75) is 26.4 Å². The zero-order valence-corrected chi connectivity index (χ0v) is 16.0. The van der Waals surface area contributed by atoms with Crippen LogP contribution in [0.5, 0.6) is 5.75 Å². The third-order valence-corrected chi connectivity index (χ3v) is 3.92. The monoisotopic (exact) mass is 380 g/mol. The molecule has 8 nitrogen and oxygen atoms in total. The van der Waals surface area contributed by atoms with E-state index in [-0.39, 0.29) is 11.4 Å². The summed E-state index contributed by atoms with van der Waals surface area (Å²) in [6.07, 6.45) is 0.888. The summed E-state index contributed by atoms with van der Waals surface area (Å²) in [6, 6.07) is 11.6. The standard InChI is InChI=1S/C20H20N4O4/c1-20(2,3)28-19(26)23(15-7-5-6-8-17(15)27-4)18-11-16(25)13(12-21)14-9-10-22-24(14)18/h5-11,22H,1-4H3. The molecular weight excluding hydrogens is 360 g/mol. The third-order valence-electron chi connectivity index (χ3n) is 3.92. The molecule has 0 saturated heterocycles. The van der Waals surface area contributed by atoms with Gasteiger partial charge in [0.2, 0.25) is 5.43 Å². The van der Waals surface area contributed by atoms with E-state index in [0.29, 0.717) is 17.0 Å². The van der Waals surface area contributed by atoms with E-state index in [9.17, 15) is 14.9 Å². The van der Waals surface area contributed by atoms with Crippen LogP contribution in [-0.4, -0.2) is 28.4 Å². The lowest BCUT2D eigenvalue weighted by molar-refractivity contribution is 0.0597. The number of aromatic nitrogens is 2. The van der Waals surface area contributed by atoms with E-state index in [4.69, 9.17) is 9.47 Å². The number of ether oxygens (including phenoxy) is 2. The lowest BCUT2D eigenvalue weighted by Gasteiger charge is -2.28. The Hall–Kier alpha value is -3.73. The van der Waals surface area contributed by atoms with Crippen molar-refractivity contribution < 1.29 is 14.3 Å². The summed E-state index contributed by atoms with van der Waals surface area (Å²) in [5.41, 5.74) is -0.529. The number of H-pyrrole nitrogens is 1.